The van der Waals surface area contributed by atoms with Gasteiger partial charge in [0.15, 0.2) is 0 Å². The number of hydrogen-bond donors (Lipinski definition) is 0. The second-order valence-electron chi connectivity index (χ2n) is 7.06. The minimum Gasteiger partial charge on any atom is -0.756 e. The summed E-state index contributed by atoms with van der Waals surface area (Å²) in [6.07, 6.45) is 18.8. The zero-order valence-corrected chi connectivity index (χ0v) is 19.1. The Balaban J connectivity index is 0. The molecule has 0 aliphatic heterocycles. The van der Waals surface area contributed by atoms with Gasteiger partial charge in [-0.05, 0) is 12.8 Å². The number of unbranched alkanes of at least 4 members (excludes halogenated alkanes) is 14. The zero-order valence-electron chi connectivity index (χ0n) is 17.1. The van der Waals surface area contributed by atoms with E-state index >= 15 is 0 Å². The smallest absolute Gasteiger partial charge is 0.756 e. The number of phosphoric acid groups is 1. The molecule has 0 radical (unpaired) electrons. The molecule has 0 unspecified atom stereocenters. The molecule has 4 nitrogen and oxygen atoms in total. The first-order chi connectivity index (χ1) is 12.1. The molecule has 0 aromatic rings. The Hall–Kier alpha value is 0.616. The van der Waals surface area contributed by atoms with Gasteiger partial charge < -0.3 is 13.9 Å². The van der Waals surface area contributed by atoms with Gasteiger partial charge in [-0.3, -0.25) is 4.57 Å². The molecule has 0 amide bonds. The van der Waals surface area contributed by atoms with Gasteiger partial charge in [0, 0.05) is 0 Å². The van der Waals surface area contributed by atoms with Crippen molar-refractivity contribution in [2.75, 3.05) is 13.2 Å². The Morgan fingerprint density at radius 1 is 0.577 bits per heavy atom. The summed E-state index contributed by atoms with van der Waals surface area (Å²) in [6.45, 7) is 4.95. The molecular weight excluding hydrogens is 394 g/mol. The van der Waals surface area contributed by atoms with Crippen LogP contribution in [0.15, 0.2) is 0 Å². The summed E-state index contributed by atoms with van der Waals surface area (Å²) in [5.41, 5.74) is 0. The minimum absolute atomic E-state index is 0. The maximum atomic E-state index is 11.6. The Labute approximate surface area is 173 Å². The van der Waals surface area contributed by atoms with E-state index in [1.807, 2.05) is 0 Å². The van der Waals surface area contributed by atoms with Gasteiger partial charge >= 0.3 is 16.8 Å². The molecule has 0 saturated carbocycles. The van der Waals surface area contributed by atoms with Gasteiger partial charge in [-0.15, -0.1) is 0 Å². The van der Waals surface area contributed by atoms with E-state index in [1.54, 1.807) is 0 Å². The molecule has 0 aliphatic rings. The molecule has 0 spiro atoms. The van der Waals surface area contributed by atoms with Crippen LogP contribution in [0, 0.1) is 0 Å². The molecule has 0 fully saturated rings. The molecule has 0 heterocycles. The second-order valence-corrected chi connectivity index (χ2v) is 8.47. The standard InChI is InChI=1S/C20H43O4P.Co/c1-3-5-7-9-11-13-15-17-19-23-25(21,22)24-20-18-16-14-12-10-8-6-4-2;/h3-20H2,1-2H3,(H,21,22);/q;+3/p-1. The SMILES string of the molecule is CCCCCCCCCCOP(=O)([O-])OCCCCCCCCCC.[Co+3]. The molecule has 6 heteroatoms. The topological polar surface area (TPSA) is 58.6 Å². The van der Waals surface area contributed by atoms with Crippen LogP contribution in [0.5, 0.6) is 0 Å². The van der Waals surface area contributed by atoms with Crippen molar-refractivity contribution >= 4 is 7.82 Å². The van der Waals surface area contributed by atoms with E-state index in [0.717, 1.165) is 38.5 Å². The van der Waals surface area contributed by atoms with E-state index in [2.05, 4.69) is 13.8 Å². The van der Waals surface area contributed by atoms with Crippen LogP contribution in [0.25, 0.3) is 0 Å². The molecular formula is C20H42CoO4P+2. The maximum Gasteiger partial charge on any atom is 3.00 e. The van der Waals surface area contributed by atoms with Crippen molar-refractivity contribution < 1.29 is 35.3 Å². The number of hydrogen-bond acceptors (Lipinski definition) is 4. The third-order valence-electron chi connectivity index (χ3n) is 4.49. The Bertz CT molecular complexity index is 290. The van der Waals surface area contributed by atoms with E-state index in [4.69, 9.17) is 9.05 Å². The Morgan fingerprint density at radius 3 is 1.15 bits per heavy atom. The second kappa shape index (κ2) is 21.9. The maximum absolute atomic E-state index is 11.6. The average molecular weight is 436 g/mol. The van der Waals surface area contributed by atoms with Gasteiger partial charge in [-0.1, -0.05) is 104 Å². The summed E-state index contributed by atoms with van der Waals surface area (Å²) in [5, 5.41) is 0. The molecule has 0 aliphatic carbocycles. The quantitative estimate of drug-likeness (QED) is 0.156. The van der Waals surface area contributed by atoms with E-state index in [0.29, 0.717) is 0 Å². The molecule has 0 atom stereocenters. The van der Waals surface area contributed by atoms with Gasteiger partial charge in [0.05, 0.1) is 13.2 Å². The van der Waals surface area contributed by atoms with Crippen LogP contribution in [0.2, 0.25) is 0 Å². The predicted molar refractivity (Wildman–Crippen MR) is 105 cm³/mol. The fourth-order valence-electron chi connectivity index (χ4n) is 2.86. The van der Waals surface area contributed by atoms with Crippen molar-refractivity contribution in [3.63, 3.8) is 0 Å². The molecule has 0 N–H and O–H groups in total. The molecule has 0 saturated heterocycles. The summed E-state index contributed by atoms with van der Waals surface area (Å²) < 4.78 is 21.5. The van der Waals surface area contributed by atoms with Crippen LogP contribution in [-0.2, 0) is 30.4 Å². The fraction of sp³-hybridized carbons (Fsp3) is 1.00. The summed E-state index contributed by atoms with van der Waals surface area (Å²) in [5.74, 6) is 0. The van der Waals surface area contributed by atoms with Crippen LogP contribution < -0.4 is 4.89 Å². The third-order valence-corrected chi connectivity index (χ3v) is 5.49. The Morgan fingerprint density at radius 2 is 0.846 bits per heavy atom. The van der Waals surface area contributed by atoms with Crippen LogP contribution >= 0.6 is 7.82 Å². The minimum atomic E-state index is -4.08. The van der Waals surface area contributed by atoms with Gasteiger partial charge in [0.1, 0.15) is 0 Å². The van der Waals surface area contributed by atoms with Crippen molar-refractivity contribution in [1.29, 1.82) is 0 Å². The monoisotopic (exact) mass is 436 g/mol. The largest absolute Gasteiger partial charge is 3.00 e. The summed E-state index contributed by atoms with van der Waals surface area (Å²) >= 11 is 0. The van der Waals surface area contributed by atoms with Crippen molar-refractivity contribution in [1.82, 2.24) is 0 Å². The van der Waals surface area contributed by atoms with E-state index < -0.39 is 7.82 Å². The fourth-order valence-corrected chi connectivity index (χ4v) is 3.64. The first-order valence-corrected chi connectivity index (χ1v) is 12.2. The Kier molecular flexibility index (Phi) is 24.3. The molecule has 158 valence electrons. The van der Waals surface area contributed by atoms with Crippen molar-refractivity contribution in [3.05, 3.63) is 0 Å². The van der Waals surface area contributed by atoms with Crippen molar-refractivity contribution in [3.8, 4) is 0 Å². The summed E-state index contributed by atoms with van der Waals surface area (Å²) in [6, 6.07) is 0. The van der Waals surface area contributed by atoms with Gasteiger partial charge in [-0.25, -0.2) is 0 Å². The number of phosphoric ester groups is 1. The molecule has 0 bridgehead atoms. The number of rotatable bonds is 20. The molecule has 0 rings (SSSR count). The normalized spacial score (nSPS) is 11.5. The van der Waals surface area contributed by atoms with Crippen LogP contribution in [0.4, 0.5) is 0 Å². The van der Waals surface area contributed by atoms with Crippen molar-refractivity contribution in [2.45, 2.75) is 117 Å². The van der Waals surface area contributed by atoms with E-state index in [1.165, 1.54) is 64.2 Å². The van der Waals surface area contributed by atoms with Crippen LogP contribution in [0.3, 0.4) is 0 Å². The molecule has 26 heavy (non-hydrogen) atoms. The third kappa shape index (κ3) is 22.7. The van der Waals surface area contributed by atoms with Gasteiger partial charge in [0.2, 0.25) is 0 Å². The van der Waals surface area contributed by atoms with Gasteiger partial charge in [-0.2, -0.15) is 0 Å². The summed E-state index contributed by atoms with van der Waals surface area (Å²) in [7, 11) is -4.08. The zero-order chi connectivity index (χ0) is 18.6. The average Bonchev–Trinajstić information content (AvgIpc) is 2.59. The summed E-state index contributed by atoms with van der Waals surface area (Å²) in [4.78, 5) is 11.6. The van der Waals surface area contributed by atoms with Crippen molar-refractivity contribution in [2.24, 2.45) is 0 Å². The van der Waals surface area contributed by atoms with E-state index in [9.17, 15) is 9.46 Å². The van der Waals surface area contributed by atoms with Gasteiger partial charge in [0.25, 0.3) is 7.82 Å². The van der Waals surface area contributed by atoms with E-state index in [-0.39, 0.29) is 30.0 Å². The first kappa shape index (κ1) is 28.8. The van der Waals surface area contributed by atoms with Crippen LogP contribution in [-0.4, -0.2) is 13.2 Å². The first-order valence-electron chi connectivity index (χ1n) is 10.7. The van der Waals surface area contributed by atoms with Crippen LogP contribution in [0.1, 0.15) is 117 Å². The molecule has 0 aromatic carbocycles. The predicted octanol–water partition coefficient (Wildman–Crippen LogP) is 6.77. The molecule has 0 aromatic heterocycles.